The monoisotopic (exact) mass is 226 g/mol. The second kappa shape index (κ2) is 6.95. The molecule has 1 atom stereocenters. The van der Waals surface area contributed by atoms with Crippen molar-refractivity contribution in [3.8, 4) is 0 Å². The molecule has 0 bridgehead atoms. The van der Waals surface area contributed by atoms with E-state index in [0.29, 0.717) is 0 Å². The van der Waals surface area contributed by atoms with E-state index in [1.165, 1.54) is 27.2 Å². The summed E-state index contributed by atoms with van der Waals surface area (Å²) in [6.45, 7) is 5.09. The lowest BCUT2D eigenvalue weighted by molar-refractivity contribution is -0.149. The predicted octanol–water partition coefficient (Wildman–Crippen LogP) is 1.66. The number of ether oxygens (including phenoxy) is 2. The van der Waals surface area contributed by atoms with Crippen LogP contribution in [0.15, 0.2) is 23.3 Å². The summed E-state index contributed by atoms with van der Waals surface area (Å²) in [4.78, 5) is 22.1. The fourth-order valence-corrected chi connectivity index (χ4v) is 1.13. The van der Waals surface area contributed by atoms with Crippen LogP contribution in [0.3, 0.4) is 0 Å². The normalized spacial score (nSPS) is 14.6. The number of carbonyl (C=O) groups is 2. The van der Waals surface area contributed by atoms with Crippen LogP contribution in [-0.4, -0.2) is 32.1 Å². The van der Waals surface area contributed by atoms with Crippen molar-refractivity contribution in [2.45, 2.75) is 26.9 Å². The molecule has 0 aliphatic rings. The van der Waals surface area contributed by atoms with Crippen molar-refractivity contribution in [1.29, 1.82) is 0 Å². The third kappa shape index (κ3) is 4.89. The molecule has 0 spiro atoms. The minimum Gasteiger partial charge on any atom is -0.467 e. The SMILES string of the molecule is COC(=O)C(C=C(C)/C(C)=C/C(C)=O)OC. The highest BCUT2D eigenvalue weighted by molar-refractivity contribution is 5.88. The van der Waals surface area contributed by atoms with E-state index >= 15 is 0 Å². The number of esters is 1. The van der Waals surface area contributed by atoms with Gasteiger partial charge in [0.25, 0.3) is 0 Å². The molecule has 0 fully saturated rings. The molecule has 0 amide bonds. The van der Waals surface area contributed by atoms with Crippen LogP contribution in [0.4, 0.5) is 0 Å². The molecule has 90 valence electrons. The van der Waals surface area contributed by atoms with Crippen LogP contribution in [0.1, 0.15) is 20.8 Å². The quantitative estimate of drug-likeness (QED) is 0.406. The summed E-state index contributed by atoms with van der Waals surface area (Å²) in [5.74, 6) is -0.491. The smallest absolute Gasteiger partial charge is 0.339 e. The minimum atomic E-state index is -0.736. The Labute approximate surface area is 95.9 Å². The Kier molecular flexibility index (Phi) is 6.34. The van der Waals surface area contributed by atoms with Crippen molar-refractivity contribution >= 4 is 11.8 Å². The molecular formula is C12H18O4. The average Bonchev–Trinajstić information content (AvgIpc) is 2.23. The maximum Gasteiger partial charge on any atom is 0.339 e. The Balaban J connectivity index is 4.86. The summed E-state index contributed by atoms with van der Waals surface area (Å²) in [5.41, 5.74) is 1.62. The second-order valence-electron chi connectivity index (χ2n) is 3.47. The van der Waals surface area contributed by atoms with Gasteiger partial charge in [-0.15, -0.1) is 0 Å². The average molecular weight is 226 g/mol. The van der Waals surface area contributed by atoms with Gasteiger partial charge in [0.15, 0.2) is 11.9 Å². The zero-order valence-electron chi connectivity index (χ0n) is 10.4. The van der Waals surface area contributed by atoms with Gasteiger partial charge in [-0.25, -0.2) is 4.79 Å². The van der Waals surface area contributed by atoms with Crippen molar-refractivity contribution in [2.75, 3.05) is 14.2 Å². The highest BCUT2D eigenvalue weighted by atomic mass is 16.6. The van der Waals surface area contributed by atoms with Gasteiger partial charge < -0.3 is 9.47 Å². The van der Waals surface area contributed by atoms with E-state index < -0.39 is 12.1 Å². The maximum absolute atomic E-state index is 11.2. The van der Waals surface area contributed by atoms with Crippen molar-refractivity contribution in [1.82, 2.24) is 0 Å². The number of hydrogen-bond acceptors (Lipinski definition) is 4. The second-order valence-corrected chi connectivity index (χ2v) is 3.47. The van der Waals surface area contributed by atoms with Gasteiger partial charge in [-0.3, -0.25) is 4.79 Å². The molecular weight excluding hydrogens is 208 g/mol. The Morgan fingerprint density at radius 1 is 1.06 bits per heavy atom. The zero-order valence-corrected chi connectivity index (χ0v) is 10.4. The van der Waals surface area contributed by atoms with Crippen molar-refractivity contribution in [2.24, 2.45) is 0 Å². The summed E-state index contributed by atoms with van der Waals surface area (Å²) in [7, 11) is 2.73. The van der Waals surface area contributed by atoms with Crippen LogP contribution >= 0.6 is 0 Å². The van der Waals surface area contributed by atoms with E-state index in [0.717, 1.165) is 11.1 Å². The predicted molar refractivity (Wildman–Crippen MR) is 61.0 cm³/mol. The van der Waals surface area contributed by atoms with E-state index in [-0.39, 0.29) is 5.78 Å². The molecule has 0 aliphatic heterocycles. The van der Waals surface area contributed by atoms with Gasteiger partial charge in [-0.1, -0.05) is 0 Å². The molecule has 0 aliphatic carbocycles. The molecule has 0 N–H and O–H groups in total. The standard InChI is InChI=1S/C12H18O4/c1-8(6-10(3)13)9(2)7-11(15-4)12(14)16-5/h6-7,11H,1-5H3/b8-6+,9-7?. The van der Waals surface area contributed by atoms with Crippen LogP contribution < -0.4 is 0 Å². The van der Waals surface area contributed by atoms with Crippen molar-refractivity contribution < 1.29 is 19.1 Å². The van der Waals surface area contributed by atoms with E-state index in [1.807, 2.05) is 6.92 Å². The first-order valence-electron chi connectivity index (χ1n) is 4.90. The first-order valence-corrected chi connectivity index (χ1v) is 4.90. The van der Waals surface area contributed by atoms with Gasteiger partial charge in [0.2, 0.25) is 0 Å². The molecule has 0 rings (SSSR count). The Morgan fingerprint density at radius 3 is 2.00 bits per heavy atom. The minimum absolute atomic E-state index is 0.0303. The van der Waals surface area contributed by atoms with Gasteiger partial charge in [0, 0.05) is 7.11 Å². The van der Waals surface area contributed by atoms with Crippen molar-refractivity contribution in [3.63, 3.8) is 0 Å². The number of ketones is 1. The Hall–Kier alpha value is -1.42. The van der Waals surface area contributed by atoms with Gasteiger partial charge in [-0.05, 0) is 44.1 Å². The highest BCUT2D eigenvalue weighted by Crippen LogP contribution is 2.11. The fourth-order valence-electron chi connectivity index (χ4n) is 1.13. The molecule has 0 aromatic rings. The first kappa shape index (κ1) is 14.6. The molecule has 0 saturated heterocycles. The lowest BCUT2D eigenvalue weighted by Gasteiger charge is -2.10. The van der Waals surface area contributed by atoms with E-state index in [4.69, 9.17) is 4.74 Å². The van der Waals surface area contributed by atoms with Gasteiger partial charge in [-0.2, -0.15) is 0 Å². The largest absolute Gasteiger partial charge is 0.467 e. The molecule has 0 aromatic carbocycles. The lowest BCUT2D eigenvalue weighted by Crippen LogP contribution is -2.22. The van der Waals surface area contributed by atoms with E-state index in [1.54, 1.807) is 13.0 Å². The topological polar surface area (TPSA) is 52.6 Å². The van der Waals surface area contributed by atoms with E-state index in [9.17, 15) is 9.59 Å². The molecule has 0 heterocycles. The van der Waals surface area contributed by atoms with Crippen LogP contribution in [-0.2, 0) is 19.1 Å². The summed E-state index contributed by atoms with van der Waals surface area (Å²) in [5, 5.41) is 0. The molecule has 0 saturated carbocycles. The van der Waals surface area contributed by atoms with Crippen LogP contribution in [0.2, 0.25) is 0 Å². The van der Waals surface area contributed by atoms with E-state index in [2.05, 4.69) is 4.74 Å². The van der Waals surface area contributed by atoms with Crippen molar-refractivity contribution in [3.05, 3.63) is 23.3 Å². The van der Waals surface area contributed by atoms with Gasteiger partial charge in [0.05, 0.1) is 7.11 Å². The lowest BCUT2D eigenvalue weighted by atomic mass is 10.1. The third-order valence-electron chi connectivity index (χ3n) is 2.13. The summed E-state index contributed by atoms with van der Waals surface area (Å²) < 4.78 is 9.54. The number of allylic oxidation sites excluding steroid dienone is 3. The molecule has 0 aromatic heterocycles. The van der Waals surface area contributed by atoms with Gasteiger partial charge in [0.1, 0.15) is 0 Å². The number of methoxy groups -OCH3 is 2. The summed E-state index contributed by atoms with van der Waals surface area (Å²) >= 11 is 0. The molecule has 0 radical (unpaired) electrons. The van der Waals surface area contributed by atoms with Crippen LogP contribution in [0.5, 0.6) is 0 Å². The molecule has 16 heavy (non-hydrogen) atoms. The molecule has 4 heteroatoms. The third-order valence-corrected chi connectivity index (χ3v) is 2.13. The number of rotatable bonds is 5. The number of hydrogen-bond donors (Lipinski definition) is 0. The zero-order chi connectivity index (χ0) is 12.7. The summed E-state index contributed by atoms with van der Waals surface area (Å²) in [6, 6.07) is 0. The number of carbonyl (C=O) groups excluding carboxylic acids is 2. The first-order chi connectivity index (χ1) is 7.42. The Bertz CT molecular complexity index is 326. The fraction of sp³-hybridized carbons (Fsp3) is 0.500. The molecule has 1 unspecified atom stereocenters. The summed E-state index contributed by atoms with van der Waals surface area (Å²) in [6.07, 6.45) is 2.40. The molecule has 4 nitrogen and oxygen atoms in total. The van der Waals surface area contributed by atoms with Crippen LogP contribution in [0, 0.1) is 0 Å². The Morgan fingerprint density at radius 2 is 1.62 bits per heavy atom. The highest BCUT2D eigenvalue weighted by Gasteiger charge is 2.15. The van der Waals surface area contributed by atoms with Crippen LogP contribution in [0.25, 0.3) is 0 Å². The maximum atomic E-state index is 11.2. The van der Waals surface area contributed by atoms with Gasteiger partial charge >= 0.3 is 5.97 Å².